The second kappa shape index (κ2) is 7.37. The molecule has 0 bridgehead atoms. The van der Waals surface area contributed by atoms with E-state index in [-0.39, 0.29) is 0 Å². The third-order valence-corrected chi connectivity index (χ3v) is 2.87. The smallest absolute Gasteiger partial charge is 0.303 e. The molecule has 0 aromatic heterocycles. The van der Waals surface area contributed by atoms with Crippen LogP contribution in [0, 0.1) is 0 Å². The number of hydrogen-bond acceptors (Lipinski definition) is 8. The van der Waals surface area contributed by atoms with Crippen LogP contribution in [0.15, 0.2) is 0 Å². The van der Waals surface area contributed by atoms with Crippen molar-refractivity contribution in [2.75, 3.05) is 7.11 Å². The standard InChI is InChI=1S/C13H20O8/c1-6-10(19-7(2)14)11(20-8(3)15)12(21-9(4)16)13(17-5)18-6/h6,10-13H,1-5H3/t6-,10-,11-,12+,13-/m1/s1. The van der Waals surface area contributed by atoms with Gasteiger partial charge in [0.25, 0.3) is 0 Å². The Kier molecular flexibility index (Phi) is 6.10. The molecule has 8 heteroatoms. The van der Waals surface area contributed by atoms with Crippen molar-refractivity contribution in [1.82, 2.24) is 0 Å². The molecule has 1 heterocycles. The van der Waals surface area contributed by atoms with Crippen LogP contribution >= 0.6 is 0 Å². The molecule has 5 atom stereocenters. The van der Waals surface area contributed by atoms with Crippen molar-refractivity contribution in [2.45, 2.75) is 58.4 Å². The Labute approximate surface area is 122 Å². The summed E-state index contributed by atoms with van der Waals surface area (Å²) in [5, 5.41) is 0. The minimum absolute atomic E-state index is 0.565. The van der Waals surface area contributed by atoms with Gasteiger partial charge in [0.15, 0.2) is 24.6 Å². The Bertz CT molecular complexity index is 407. The van der Waals surface area contributed by atoms with E-state index in [9.17, 15) is 14.4 Å². The van der Waals surface area contributed by atoms with Crippen LogP contribution in [0.25, 0.3) is 0 Å². The molecule has 1 aliphatic rings. The van der Waals surface area contributed by atoms with Crippen LogP contribution in [0.5, 0.6) is 0 Å². The molecule has 1 saturated heterocycles. The molecule has 1 rings (SSSR count). The summed E-state index contributed by atoms with van der Waals surface area (Å²) in [5.41, 5.74) is 0. The number of methoxy groups -OCH3 is 1. The number of ether oxygens (including phenoxy) is 5. The van der Waals surface area contributed by atoms with Crippen LogP contribution in [0.4, 0.5) is 0 Å². The molecule has 1 fully saturated rings. The van der Waals surface area contributed by atoms with Crippen LogP contribution in [0.2, 0.25) is 0 Å². The van der Waals surface area contributed by atoms with Crippen LogP contribution in [-0.4, -0.2) is 55.7 Å². The van der Waals surface area contributed by atoms with Crippen LogP contribution in [0.1, 0.15) is 27.7 Å². The van der Waals surface area contributed by atoms with Crippen molar-refractivity contribution in [3.05, 3.63) is 0 Å². The maximum Gasteiger partial charge on any atom is 0.303 e. The molecule has 0 spiro atoms. The van der Waals surface area contributed by atoms with E-state index in [1.807, 2.05) is 0 Å². The third-order valence-electron chi connectivity index (χ3n) is 2.87. The first-order valence-corrected chi connectivity index (χ1v) is 6.46. The van der Waals surface area contributed by atoms with Crippen molar-refractivity contribution in [2.24, 2.45) is 0 Å². The fraction of sp³-hybridized carbons (Fsp3) is 0.769. The normalized spacial score (nSPS) is 32.1. The van der Waals surface area contributed by atoms with Crippen molar-refractivity contribution >= 4 is 17.9 Å². The van der Waals surface area contributed by atoms with Gasteiger partial charge in [-0.15, -0.1) is 0 Å². The van der Waals surface area contributed by atoms with Gasteiger partial charge in [-0.25, -0.2) is 0 Å². The van der Waals surface area contributed by atoms with Gasteiger partial charge in [-0.3, -0.25) is 14.4 Å². The molecular weight excluding hydrogens is 284 g/mol. The van der Waals surface area contributed by atoms with Gasteiger partial charge in [-0.05, 0) is 6.92 Å². The molecular formula is C13H20O8. The van der Waals surface area contributed by atoms with E-state index in [1.54, 1.807) is 6.92 Å². The molecule has 21 heavy (non-hydrogen) atoms. The Morgan fingerprint density at radius 3 is 1.67 bits per heavy atom. The predicted octanol–water partition coefficient (Wildman–Crippen LogP) is 0.173. The molecule has 0 saturated carbocycles. The highest BCUT2D eigenvalue weighted by Crippen LogP contribution is 2.28. The summed E-state index contributed by atoms with van der Waals surface area (Å²) in [5.74, 6) is -1.76. The lowest BCUT2D eigenvalue weighted by Gasteiger charge is -2.42. The molecule has 8 nitrogen and oxygen atoms in total. The summed E-state index contributed by atoms with van der Waals surface area (Å²) in [6, 6.07) is 0. The SMILES string of the molecule is CO[C@@H]1O[C@H](C)[C@@H](OC(C)=O)[C@@H](OC(C)=O)[C@@H]1OC(C)=O. The monoisotopic (exact) mass is 304 g/mol. The number of hydrogen-bond donors (Lipinski definition) is 0. The Balaban J connectivity index is 3.08. The van der Waals surface area contributed by atoms with Crippen molar-refractivity contribution < 1.29 is 38.1 Å². The van der Waals surface area contributed by atoms with Crippen molar-refractivity contribution in [3.63, 3.8) is 0 Å². The zero-order valence-electron chi connectivity index (χ0n) is 12.7. The van der Waals surface area contributed by atoms with Crippen LogP contribution in [0.3, 0.4) is 0 Å². The van der Waals surface area contributed by atoms with Gasteiger partial charge >= 0.3 is 17.9 Å². The molecule has 0 aliphatic carbocycles. The number of carbonyl (C=O) groups excluding carboxylic acids is 3. The minimum atomic E-state index is -1.03. The second-order valence-electron chi connectivity index (χ2n) is 4.67. The zero-order valence-corrected chi connectivity index (χ0v) is 12.7. The molecule has 0 radical (unpaired) electrons. The van der Waals surface area contributed by atoms with E-state index in [0.717, 1.165) is 0 Å². The highest BCUT2D eigenvalue weighted by molar-refractivity contribution is 5.68. The van der Waals surface area contributed by atoms with Gasteiger partial charge < -0.3 is 23.7 Å². The summed E-state index contributed by atoms with van der Waals surface area (Å²) in [6.07, 6.45) is -4.47. The predicted molar refractivity (Wildman–Crippen MR) is 68.0 cm³/mol. The van der Waals surface area contributed by atoms with Gasteiger partial charge in [0.05, 0.1) is 6.10 Å². The van der Waals surface area contributed by atoms with Crippen LogP contribution < -0.4 is 0 Å². The summed E-state index contributed by atoms with van der Waals surface area (Å²) in [7, 11) is 1.37. The molecule has 1 aliphatic heterocycles. The number of esters is 3. The Hall–Kier alpha value is -1.67. The third kappa shape index (κ3) is 4.68. The van der Waals surface area contributed by atoms with Gasteiger partial charge in [0.2, 0.25) is 0 Å². The highest BCUT2D eigenvalue weighted by Gasteiger charge is 2.50. The van der Waals surface area contributed by atoms with E-state index in [2.05, 4.69) is 0 Å². The minimum Gasteiger partial charge on any atom is -0.456 e. The van der Waals surface area contributed by atoms with Crippen molar-refractivity contribution in [1.29, 1.82) is 0 Å². The highest BCUT2D eigenvalue weighted by atomic mass is 16.7. The topological polar surface area (TPSA) is 97.4 Å². The van der Waals surface area contributed by atoms with E-state index in [0.29, 0.717) is 0 Å². The van der Waals surface area contributed by atoms with Gasteiger partial charge in [-0.1, -0.05) is 0 Å². The lowest BCUT2D eigenvalue weighted by molar-refractivity contribution is -0.294. The molecule has 0 aromatic carbocycles. The molecule has 0 amide bonds. The van der Waals surface area contributed by atoms with E-state index in [1.165, 1.54) is 27.9 Å². The first-order chi connectivity index (χ1) is 9.76. The summed E-state index contributed by atoms with van der Waals surface area (Å²) in [6.45, 7) is 5.27. The van der Waals surface area contributed by atoms with E-state index >= 15 is 0 Å². The zero-order chi connectivity index (χ0) is 16.2. The maximum atomic E-state index is 11.3. The maximum absolute atomic E-state index is 11.3. The van der Waals surface area contributed by atoms with Crippen molar-refractivity contribution in [3.8, 4) is 0 Å². The average Bonchev–Trinajstić information content (AvgIpc) is 2.35. The Morgan fingerprint density at radius 2 is 1.24 bits per heavy atom. The van der Waals surface area contributed by atoms with Gasteiger partial charge in [0, 0.05) is 27.9 Å². The average molecular weight is 304 g/mol. The summed E-state index contributed by atoms with van der Waals surface area (Å²) in [4.78, 5) is 33.7. The first-order valence-electron chi connectivity index (χ1n) is 6.46. The van der Waals surface area contributed by atoms with E-state index in [4.69, 9.17) is 23.7 Å². The lowest BCUT2D eigenvalue weighted by atomic mass is 9.99. The molecule has 0 aromatic rings. The molecule has 120 valence electrons. The first kappa shape index (κ1) is 17.4. The van der Waals surface area contributed by atoms with Crippen LogP contribution in [-0.2, 0) is 38.1 Å². The fourth-order valence-corrected chi connectivity index (χ4v) is 2.16. The molecule has 0 N–H and O–H groups in total. The molecule has 0 unspecified atom stereocenters. The number of carbonyl (C=O) groups is 3. The van der Waals surface area contributed by atoms with Gasteiger partial charge in [-0.2, -0.15) is 0 Å². The Morgan fingerprint density at radius 1 is 0.810 bits per heavy atom. The largest absolute Gasteiger partial charge is 0.456 e. The van der Waals surface area contributed by atoms with Gasteiger partial charge in [0.1, 0.15) is 0 Å². The summed E-state index contributed by atoms with van der Waals surface area (Å²) < 4.78 is 26.0. The van der Waals surface area contributed by atoms with E-state index < -0.39 is 48.6 Å². The second-order valence-corrected chi connectivity index (χ2v) is 4.67. The fourth-order valence-electron chi connectivity index (χ4n) is 2.16. The number of rotatable bonds is 4. The lowest BCUT2D eigenvalue weighted by Crippen LogP contribution is -2.60. The summed E-state index contributed by atoms with van der Waals surface area (Å²) >= 11 is 0. The quantitative estimate of drug-likeness (QED) is 0.535.